The zero-order chi connectivity index (χ0) is 17.5. The van der Waals surface area contributed by atoms with E-state index < -0.39 is 11.2 Å². The summed E-state index contributed by atoms with van der Waals surface area (Å²) in [5, 5.41) is 24.2. The van der Waals surface area contributed by atoms with Gasteiger partial charge < -0.3 is 19.9 Å². The third-order valence-electron chi connectivity index (χ3n) is 3.81. The smallest absolute Gasteiger partial charge is 0.482 e. The number of rotatable bonds is 4. The number of para-hydroxylation sites is 1. The van der Waals surface area contributed by atoms with Crippen molar-refractivity contribution in [3.05, 3.63) is 54.6 Å². The van der Waals surface area contributed by atoms with Crippen molar-refractivity contribution in [3.8, 4) is 16.9 Å². The van der Waals surface area contributed by atoms with Crippen LogP contribution in [0.15, 0.2) is 54.6 Å². The molecule has 5 heteroatoms. The van der Waals surface area contributed by atoms with Crippen molar-refractivity contribution >= 4 is 7.69 Å². The van der Waals surface area contributed by atoms with Gasteiger partial charge in [0.05, 0.1) is 5.60 Å². The van der Waals surface area contributed by atoms with Crippen LogP contribution in [0.1, 0.15) is 27.7 Å². The molecule has 2 rings (SSSR count). The van der Waals surface area contributed by atoms with E-state index >= 15 is 0 Å². The van der Waals surface area contributed by atoms with Crippen molar-refractivity contribution in [2.75, 3.05) is 0 Å². The van der Waals surface area contributed by atoms with E-state index in [-0.39, 0.29) is 7.69 Å². The average Bonchev–Trinajstić information content (AvgIpc) is 2.48. The molecular weight excluding hydrogens is 291 g/mol. The van der Waals surface area contributed by atoms with E-state index in [1.807, 2.05) is 56.3 Å². The predicted molar refractivity (Wildman–Crippen MR) is 93.1 cm³/mol. The van der Waals surface area contributed by atoms with Gasteiger partial charge in [0.1, 0.15) is 11.4 Å². The van der Waals surface area contributed by atoms with Gasteiger partial charge in [0.15, 0.2) is 0 Å². The molecule has 3 N–H and O–H groups in total. The third-order valence-corrected chi connectivity index (χ3v) is 3.81. The Morgan fingerprint density at radius 3 is 1.83 bits per heavy atom. The molecule has 4 nitrogen and oxygen atoms in total. The van der Waals surface area contributed by atoms with Crippen molar-refractivity contribution in [2.45, 2.75) is 38.9 Å². The molecule has 0 fully saturated rings. The van der Waals surface area contributed by atoms with Gasteiger partial charge in [-0.15, -0.1) is 0 Å². The molecule has 23 heavy (non-hydrogen) atoms. The van der Waals surface area contributed by atoms with E-state index in [2.05, 4.69) is 12.1 Å². The van der Waals surface area contributed by atoms with Gasteiger partial charge in [-0.2, -0.15) is 0 Å². The fraction of sp³-hybridized carbons (Fsp3) is 0.333. The van der Waals surface area contributed by atoms with Gasteiger partial charge in [-0.05, 0) is 39.3 Å². The number of hydrogen-bond donors (Lipinski definition) is 3. The Labute approximate surface area is 138 Å². The highest BCUT2D eigenvalue weighted by molar-refractivity contribution is 6.13. The van der Waals surface area contributed by atoms with E-state index in [1.165, 1.54) is 0 Å². The summed E-state index contributed by atoms with van der Waals surface area (Å²) in [6.07, 6.45) is 0. The highest BCUT2D eigenvalue weighted by Gasteiger charge is 2.37. The summed E-state index contributed by atoms with van der Waals surface area (Å²) in [7, 11) is 0. The molecular formula is C18H24BO4. The Bertz CT molecular complexity index is 591. The zero-order valence-electron chi connectivity index (χ0n) is 14.0. The fourth-order valence-electron chi connectivity index (χ4n) is 1.81. The predicted octanol–water partition coefficient (Wildman–Crippen LogP) is 2.79. The minimum absolute atomic E-state index is 0. The molecule has 0 saturated heterocycles. The molecule has 0 amide bonds. The van der Waals surface area contributed by atoms with Crippen molar-refractivity contribution in [1.82, 2.24) is 0 Å². The standard InChI is InChI=1S/C18H22O2.BH2O2/c1-17(2,19)18(3,4)20-16-13-9-8-12-15(16)14-10-6-5-7-11-14;2-1-3/h5-13,19H,1-4H3;2-3H. The first-order valence-corrected chi connectivity index (χ1v) is 7.39. The number of benzene rings is 2. The second kappa shape index (κ2) is 8.15. The largest absolute Gasteiger partial charge is 0.484 e. The highest BCUT2D eigenvalue weighted by atomic mass is 16.5. The van der Waals surface area contributed by atoms with Crippen molar-refractivity contribution < 1.29 is 19.9 Å². The van der Waals surface area contributed by atoms with Crippen LogP contribution in [0.3, 0.4) is 0 Å². The Kier molecular flexibility index (Phi) is 6.82. The van der Waals surface area contributed by atoms with Crippen LogP contribution < -0.4 is 4.74 Å². The van der Waals surface area contributed by atoms with E-state index in [1.54, 1.807) is 13.8 Å². The Balaban J connectivity index is 0.000000816. The average molecular weight is 315 g/mol. The summed E-state index contributed by atoms with van der Waals surface area (Å²) in [4.78, 5) is 0. The lowest BCUT2D eigenvalue weighted by Crippen LogP contribution is -2.49. The molecule has 0 spiro atoms. The lowest BCUT2D eigenvalue weighted by atomic mass is 9.89. The Morgan fingerprint density at radius 1 is 0.826 bits per heavy atom. The van der Waals surface area contributed by atoms with Crippen molar-refractivity contribution in [3.63, 3.8) is 0 Å². The molecule has 0 aliphatic heterocycles. The second-order valence-electron chi connectivity index (χ2n) is 6.15. The van der Waals surface area contributed by atoms with Crippen LogP contribution in [-0.2, 0) is 0 Å². The Morgan fingerprint density at radius 2 is 1.30 bits per heavy atom. The summed E-state index contributed by atoms with van der Waals surface area (Å²) >= 11 is 0. The molecule has 0 atom stereocenters. The zero-order valence-corrected chi connectivity index (χ0v) is 14.0. The lowest BCUT2D eigenvalue weighted by molar-refractivity contribution is -0.0904. The van der Waals surface area contributed by atoms with Gasteiger partial charge in [0, 0.05) is 5.56 Å². The van der Waals surface area contributed by atoms with Gasteiger partial charge in [-0.25, -0.2) is 0 Å². The quantitative estimate of drug-likeness (QED) is 0.759. The normalized spacial score (nSPS) is 11.3. The minimum Gasteiger partial charge on any atom is -0.484 e. The summed E-state index contributed by atoms with van der Waals surface area (Å²) in [6.45, 7) is 7.32. The summed E-state index contributed by atoms with van der Waals surface area (Å²) in [5.41, 5.74) is 0.523. The van der Waals surface area contributed by atoms with Crippen molar-refractivity contribution in [2.24, 2.45) is 0 Å². The summed E-state index contributed by atoms with van der Waals surface area (Å²) in [5.74, 6) is 0.783. The monoisotopic (exact) mass is 315 g/mol. The molecule has 0 heterocycles. The molecule has 123 valence electrons. The molecule has 0 aliphatic carbocycles. The maximum atomic E-state index is 10.2. The van der Waals surface area contributed by atoms with Crippen LogP contribution in [0.4, 0.5) is 0 Å². The van der Waals surface area contributed by atoms with Crippen LogP contribution in [-0.4, -0.2) is 34.0 Å². The van der Waals surface area contributed by atoms with Crippen LogP contribution in [0, 0.1) is 0 Å². The maximum absolute atomic E-state index is 10.2. The summed E-state index contributed by atoms with van der Waals surface area (Å²) in [6, 6.07) is 18.0. The first kappa shape index (κ1) is 19.2. The molecule has 0 aliphatic rings. The maximum Gasteiger partial charge on any atom is 0.482 e. The molecule has 0 bridgehead atoms. The van der Waals surface area contributed by atoms with E-state index in [0.29, 0.717) is 0 Å². The molecule has 0 unspecified atom stereocenters. The topological polar surface area (TPSA) is 69.9 Å². The Hall–Kier alpha value is -1.82. The van der Waals surface area contributed by atoms with Crippen LogP contribution >= 0.6 is 0 Å². The van der Waals surface area contributed by atoms with Gasteiger partial charge in [0.25, 0.3) is 0 Å². The minimum atomic E-state index is -0.934. The van der Waals surface area contributed by atoms with Gasteiger partial charge in [-0.1, -0.05) is 48.5 Å². The van der Waals surface area contributed by atoms with Gasteiger partial charge >= 0.3 is 7.69 Å². The highest BCUT2D eigenvalue weighted by Crippen LogP contribution is 2.35. The van der Waals surface area contributed by atoms with Crippen LogP contribution in [0.5, 0.6) is 5.75 Å². The van der Waals surface area contributed by atoms with E-state index in [0.717, 1.165) is 16.9 Å². The third kappa shape index (κ3) is 5.39. The first-order valence-electron chi connectivity index (χ1n) is 7.39. The van der Waals surface area contributed by atoms with Crippen LogP contribution in [0.25, 0.3) is 11.1 Å². The second-order valence-corrected chi connectivity index (χ2v) is 6.15. The van der Waals surface area contributed by atoms with Gasteiger partial charge in [0.2, 0.25) is 0 Å². The van der Waals surface area contributed by atoms with E-state index in [9.17, 15) is 5.11 Å². The van der Waals surface area contributed by atoms with Crippen molar-refractivity contribution in [1.29, 1.82) is 0 Å². The lowest BCUT2D eigenvalue weighted by Gasteiger charge is -2.38. The van der Waals surface area contributed by atoms with Crippen LogP contribution in [0.2, 0.25) is 0 Å². The molecule has 2 aromatic rings. The number of ether oxygens (including phenoxy) is 1. The molecule has 0 saturated carbocycles. The van der Waals surface area contributed by atoms with E-state index in [4.69, 9.17) is 14.8 Å². The molecule has 0 aromatic heterocycles. The number of aliphatic hydroxyl groups is 1. The summed E-state index contributed by atoms with van der Waals surface area (Å²) < 4.78 is 6.10. The number of hydrogen-bond acceptors (Lipinski definition) is 4. The van der Waals surface area contributed by atoms with Gasteiger partial charge in [-0.3, -0.25) is 0 Å². The molecule has 1 radical (unpaired) electrons. The SMILES string of the molecule is CC(C)(O)C(C)(C)Oc1ccccc1-c1ccccc1.O[B]O. The molecule has 2 aromatic carbocycles. The fourth-order valence-corrected chi connectivity index (χ4v) is 1.81. The first-order chi connectivity index (χ1) is 10.7.